The molecular formula is C25H32N2O3. The quantitative estimate of drug-likeness (QED) is 0.323. The molecule has 30 heavy (non-hydrogen) atoms. The van der Waals surface area contributed by atoms with Crippen LogP contribution in [0, 0.1) is 0 Å². The van der Waals surface area contributed by atoms with E-state index >= 15 is 0 Å². The lowest BCUT2D eigenvalue weighted by atomic mass is 10.1. The number of nitrogens with one attached hydrogen (secondary N) is 2. The van der Waals surface area contributed by atoms with Crippen molar-refractivity contribution >= 4 is 29.0 Å². The lowest BCUT2D eigenvalue weighted by molar-refractivity contribution is -0.116. The molecule has 2 N–H and O–H groups in total. The lowest BCUT2D eigenvalue weighted by Gasteiger charge is -2.08. The first-order chi connectivity index (χ1) is 14.5. The van der Waals surface area contributed by atoms with Gasteiger partial charge < -0.3 is 10.6 Å². The van der Waals surface area contributed by atoms with Crippen LogP contribution in [0.1, 0.15) is 85.9 Å². The Morgan fingerprint density at radius 3 is 1.73 bits per heavy atom. The first-order valence-corrected chi connectivity index (χ1v) is 10.8. The summed E-state index contributed by atoms with van der Waals surface area (Å²) >= 11 is 0. The Labute approximate surface area is 179 Å². The van der Waals surface area contributed by atoms with Gasteiger partial charge in [0.15, 0.2) is 5.78 Å². The van der Waals surface area contributed by atoms with Crippen LogP contribution in [-0.2, 0) is 4.79 Å². The van der Waals surface area contributed by atoms with Crippen LogP contribution in [0.2, 0.25) is 0 Å². The zero-order valence-electron chi connectivity index (χ0n) is 18.0. The van der Waals surface area contributed by atoms with E-state index in [1.54, 1.807) is 48.5 Å². The van der Waals surface area contributed by atoms with Gasteiger partial charge >= 0.3 is 0 Å². The summed E-state index contributed by atoms with van der Waals surface area (Å²) in [6.45, 7) is 3.71. The Hall–Kier alpha value is -2.95. The van der Waals surface area contributed by atoms with Crippen molar-refractivity contribution in [1.29, 1.82) is 0 Å². The van der Waals surface area contributed by atoms with Crippen molar-refractivity contribution < 1.29 is 14.4 Å². The zero-order valence-corrected chi connectivity index (χ0v) is 18.0. The standard InChI is InChI=1S/C25H32N2O3/c1-3-4-5-6-7-8-9-10-24(29)26-22-17-13-21(14-18-22)25(30)27-23-15-11-20(12-16-23)19(2)28/h11-18H,3-10H2,1-2H3,(H,26,29)(H,27,30). The number of hydrogen-bond acceptors (Lipinski definition) is 3. The Kier molecular flexibility index (Phi) is 9.78. The van der Waals surface area contributed by atoms with E-state index in [0.717, 1.165) is 12.8 Å². The Bertz CT molecular complexity index is 826. The van der Waals surface area contributed by atoms with E-state index in [-0.39, 0.29) is 17.6 Å². The fourth-order valence-electron chi connectivity index (χ4n) is 3.16. The largest absolute Gasteiger partial charge is 0.326 e. The van der Waals surface area contributed by atoms with Crippen molar-refractivity contribution in [2.75, 3.05) is 10.6 Å². The summed E-state index contributed by atoms with van der Waals surface area (Å²) in [4.78, 5) is 35.8. The average Bonchev–Trinajstić information content (AvgIpc) is 2.74. The van der Waals surface area contributed by atoms with Crippen molar-refractivity contribution in [2.24, 2.45) is 0 Å². The Morgan fingerprint density at radius 1 is 0.667 bits per heavy atom. The van der Waals surface area contributed by atoms with Crippen LogP contribution < -0.4 is 10.6 Å². The molecule has 2 aromatic rings. The van der Waals surface area contributed by atoms with Crippen LogP contribution in [0.3, 0.4) is 0 Å². The van der Waals surface area contributed by atoms with Gasteiger partial charge in [0.05, 0.1) is 0 Å². The highest BCUT2D eigenvalue weighted by Gasteiger charge is 2.08. The van der Waals surface area contributed by atoms with Gasteiger partial charge in [-0.3, -0.25) is 14.4 Å². The SMILES string of the molecule is CCCCCCCCCC(=O)Nc1ccc(C(=O)Nc2ccc(C(C)=O)cc2)cc1. The van der Waals surface area contributed by atoms with E-state index in [1.165, 1.54) is 39.0 Å². The smallest absolute Gasteiger partial charge is 0.255 e. The predicted molar refractivity (Wildman–Crippen MR) is 122 cm³/mol. The molecule has 2 amide bonds. The molecule has 0 aliphatic carbocycles. The van der Waals surface area contributed by atoms with Gasteiger partial charge in [0, 0.05) is 28.9 Å². The van der Waals surface area contributed by atoms with E-state index in [1.807, 2.05) is 0 Å². The molecule has 5 heteroatoms. The molecule has 0 aromatic heterocycles. The van der Waals surface area contributed by atoms with Crippen LogP contribution >= 0.6 is 0 Å². The number of unbranched alkanes of at least 4 members (excludes halogenated alkanes) is 6. The van der Waals surface area contributed by atoms with Crippen LogP contribution in [0.15, 0.2) is 48.5 Å². The molecule has 0 unspecified atom stereocenters. The molecule has 0 aliphatic rings. The van der Waals surface area contributed by atoms with Crippen molar-refractivity contribution in [2.45, 2.75) is 65.2 Å². The molecule has 0 spiro atoms. The molecule has 2 rings (SSSR count). The normalized spacial score (nSPS) is 10.5. The van der Waals surface area contributed by atoms with Gasteiger partial charge in [0.2, 0.25) is 5.91 Å². The summed E-state index contributed by atoms with van der Waals surface area (Å²) < 4.78 is 0. The number of rotatable bonds is 12. The van der Waals surface area contributed by atoms with E-state index in [9.17, 15) is 14.4 Å². The van der Waals surface area contributed by atoms with Crippen molar-refractivity contribution in [3.8, 4) is 0 Å². The number of benzene rings is 2. The second-order valence-corrected chi connectivity index (χ2v) is 7.58. The maximum Gasteiger partial charge on any atom is 0.255 e. The second-order valence-electron chi connectivity index (χ2n) is 7.58. The first-order valence-electron chi connectivity index (χ1n) is 10.8. The number of hydrogen-bond donors (Lipinski definition) is 2. The van der Waals surface area contributed by atoms with Crippen molar-refractivity contribution in [1.82, 2.24) is 0 Å². The van der Waals surface area contributed by atoms with Gasteiger partial charge in [0.1, 0.15) is 0 Å². The minimum absolute atomic E-state index is 0.00585. The van der Waals surface area contributed by atoms with Crippen LogP contribution in [0.25, 0.3) is 0 Å². The Balaban J connectivity index is 1.75. The fraction of sp³-hybridized carbons (Fsp3) is 0.400. The molecule has 0 saturated carbocycles. The molecule has 5 nitrogen and oxygen atoms in total. The molecule has 160 valence electrons. The molecule has 0 heterocycles. The van der Waals surface area contributed by atoms with Crippen LogP contribution in [0.4, 0.5) is 11.4 Å². The molecule has 0 fully saturated rings. The van der Waals surface area contributed by atoms with Gasteiger partial charge in [-0.1, -0.05) is 45.4 Å². The van der Waals surface area contributed by atoms with Gasteiger partial charge in [-0.15, -0.1) is 0 Å². The molecule has 0 bridgehead atoms. The minimum Gasteiger partial charge on any atom is -0.326 e. The highest BCUT2D eigenvalue weighted by Crippen LogP contribution is 2.15. The summed E-state index contributed by atoms with van der Waals surface area (Å²) in [5.41, 5.74) is 2.41. The summed E-state index contributed by atoms with van der Waals surface area (Å²) in [6, 6.07) is 13.6. The highest BCUT2D eigenvalue weighted by molar-refractivity contribution is 6.05. The summed E-state index contributed by atoms with van der Waals surface area (Å²) in [6.07, 6.45) is 8.77. The van der Waals surface area contributed by atoms with Gasteiger partial charge in [-0.25, -0.2) is 0 Å². The number of amides is 2. The van der Waals surface area contributed by atoms with Crippen molar-refractivity contribution in [3.05, 3.63) is 59.7 Å². The third kappa shape index (κ3) is 8.19. The Morgan fingerprint density at radius 2 is 1.17 bits per heavy atom. The van der Waals surface area contributed by atoms with Crippen molar-refractivity contribution in [3.63, 3.8) is 0 Å². The summed E-state index contributed by atoms with van der Waals surface area (Å²) in [5, 5.41) is 5.68. The number of Topliss-reactive ketones (excluding diaryl/α,β-unsaturated/α-hetero) is 1. The molecule has 0 atom stereocenters. The maximum absolute atomic E-state index is 12.4. The summed E-state index contributed by atoms with van der Waals surface area (Å²) in [7, 11) is 0. The molecule has 0 aliphatic heterocycles. The number of anilines is 2. The van der Waals surface area contributed by atoms with Crippen LogP contribution in [-0.4, -0.2) is 17.6 Å². The third-order valence-electron chi connectivity index (χ3n) is 4.99. The zero-order chi connectivity index (χ0) is 21.8. The number of carbonyl (C=O) groups is 3. The fourth-order valence-corrected chi connectivity index (χ4v) is 3.16. The van der Waals surface area contributed by atoms with E-state index in [2.05, 4.69) is 17.6 Å². The topological polar surface area (TPSA) is 75.3 Å². The van der Waals surface area contributed by atoms with Crippen LogP contribution in [0.5, 0.6) is 0 Å². The molecular weight excluding hydrogens is 376 g/mol. The number of carbonyl (C=O) groups excluding carboxylic acids is 3. The van der Waals surface area contributed by atoms with Gasteiger partial charge in [-0.2, -0.15) is 0 Å². The predicted octanol–water partition coefficient (Wildman–Crippen LogP) is 6.22. The summed E-state index contributed by atoms with van der Waals surface area (Å²) in [5.74, 6) is -0.254. The first kappa shape index (κ1) is 23.3. The number of ketones is 1. The second kappa shape index (κ2) is 12.6. The molecule has 0 radical (unpaired) electrons. The highest BCUT2D eigenvalue weighted by atomic mass is 16.2. The van der Waals surface area contributed by atoms with Gasteiger partial charge in [0.25, 0.3) is 5.91 Å². The monoisotopic (exact) mass is 408 g/mol. The minimum atomic E-state index is -0.244. The average molecular weight is 409 g/mol. The molecule has 0 saturated heterocycles. The third-order valence-corrected chi connectivity index (χ3v) is 4.99. The molecule has 2 aromatic carbocycles. The lowest BCUT2D eigenvalue weighted by Crippen LogP contribution is -2.13. The van der Waals surface area contributed by atoms with E-state index < -0.39 is 0 Å². The van der Waals surface area contributed by atoms with Gasteiger partial charge in [-0.05, 0) is 61.9 Å². The maximum atomic E-state index is 12.4. The van der Waals surface area contributed by atoms with E-state index in [4.69, 9.17) is 0 Å². The van der Waals surface area contributed by atoms with E-state index in [0.29, 0.717) is 28.9 Å².